The van der Waals surface area contributed by atoms with Crippen LogP contribution < -0.4 is 16.4 Å². The number of hydrogen-bond acceptors (Lipinski definition) is 11. The van der Waals surface area contributed by atoms with Crippen LogP contribution in [-0.4, -0.2) is 110 Å². The zero-order valence-corrected chi connectivity index (χ0v) is 47.7. The summed E-state index contributed by atoms with van der Waals surface area (Å²) in [6.45, 7) is 20.5. The summed E-state index contributed by atoms with van der Waals surface area (Å²) in [4.78, 5) is 52.6. The van der Waals surface area contributed by atoms with Crippen LogP contribution in [0, 0.1) is 18.2 Å². The summed E-state index contributed by atoms with van der Waals surface area (Å²) in [7, 11) is 0. The normalized spacial score (nSPS) is 16.5. The van der Waals surface area contributed by atoms with Crippen molar-refractivity contribution in [1.82, 2.24) is 39.5 Å². The second kappa shape index (κ2) is 30.4. The van der Waals surface area contributed by atoms with Crippen molar-refractivity contribution >= 4 is 64.3 Å². The number of rotatable bonds is 17. The molecule has 416 valence electrons. The summed E-state index contributed by atoms with van der Waals surface area (Å²) in [6.07, 6.45) is 19.0. The third kappa shape index (κ3) is 19.0. The van der Waals surface area contributed by atoms with Gasteiger partial charge in [0.05, 0.1) is 28.2 Å². The predicted molar refractivity (Wildman–Crippen MR) is 312 cm³/mol. The fraction of sp³-hybridized carbons (Fsp3) is 0.500. The Kier molecular flexibility index (Phi) is 23.9. The molecular weight excluding hydrogens is 1010 g/mol. The first kappa shape index (κ1) is 60.4. The Labute approximate surface area is 465 Å². The van der Waals surface area contributed by atoms with E-state index >= 15 is 0 Å². The standard InChI is InChI=1S/C36H46ClFN6.C13H14N2OS.C10H19NO2.CH3NO/c1-2-3-4-5-9-16-42-17-19-43(20-18-42)25-27-12-14-28(15-13-27)34-26-44(32-10-7-6-8-11-32)35-33(34)24-39-36(41-35)40-31-22-29(37)21-30(38)23-31;1-9(14-7-16)11-3-5-12(6-4-11)13-10(2)15-8-17-13;1-10(2,3)6-9(13)11-5-4-8(12)7-11;2-1-3/h12-15,21-24,26,32H,2-11,16-20,25H2,1H3,(H,39,40,41);3-9H,1-2H3,(H,14,16);8,12H,4-7H2,1-3H3;1H,(H2,2,3)/t;9-;;/m.0../s1. The van der Waals surface area contributed by atoms with E-state index in [9.17, 15) is 19.1 Å². The first-order chi connectivity index (χ1) is 37.1. The number of fused-ring (bicyclic) bond motifs is 1. The van der Waals surface area contributed by atoms with Crippen LogP contribution in [0.2, 0.25) is 5.02 Å². The Morgan fingerprint density at radius 1 is 0.909 bits per heavy atom. The molecule has 2 saturated heterocycles. The van der Waals surface area contributed by atoms with Crippen molar-refractivity contribution in [3.63, 3.8) is 0 Å². The third-order valence-corrected chi connectivity index (χ3v) is 15.5. The summed E-state index contributed by atoms with van der Waals surface area (Å²) < 4.78 is 16.3. The number of nitrogens with zero attached hydrogens (tertiary/aromatic N) is 7. The second-order valence-electron chi connectivity index (χ2n) is 21.7. The number of benzene rings is 3. The molecule has 6 aromatic rings. The van der Waals surface area contributed by atoms with Crippen molar-refractivity contribution in [1.29, 1.82) is 0 Å². The molecule has 2 atom stereocenters. The van der Waals surface area contributed by atoms with Crippen LogP contribution >= 0.6 is 22.9 Å². The minimum atomic E-state index is -0.396. The van der Waals surface area contributed by atoms with Gasteiger partial charge < -0.3 is 35.8 Å². The van der Waals surface area contributed by atoms with Crippen LogP contribution in [0.25, 0.3) is 32.6 Å². The molecule has 3 fully saturated rings. The second-order valence-corrected chi connectivity index (χ2v) is 23.0. The van der Waals surface area contributed by atoms with Crippen LogP contribution in [-0.2, 0) is 20.9 Å². The summed E-state index contributed by atoms with van der Waals surface area (Å²) in [5, 5.41) is 16.5. The number of hydrogen-bond donors (Lipinski definition) is 4. The molecule has 3 amide bonds. The molecule has 0 radical (unpaired) electrons. The fourth-order valence-electron chi connectivity index (χ4n) is 10.1. The Bertz CT molecular complexity index is 2730. The number of likely N-dealkylation sites (tertiary alicyclic amines) is 1. The quantitative estimate of drug-likeness (QED) is 0.0508. The number of nitrogens with two attached hydrogens (primary N) is 1. The van der Waals surface area contributed by atoms with E-state index in [0.29, 0.717) is 35.7 Å². The van der Waals surface area contributed by atoms with Gasteiger partial charge in [0.15, 0.2) is 0 Å². The van der Waals surface area contributed by atoms with Crippen molar-refractivity contribution in [3.8, 4) is 21.6 Å². The zero-order valence-electron chi connectivity index (χ0n) is 46.2. The van der Waals surface area contributed by atoms with Gasteiger partial charge in [0, 0.05) is 92.3 Å². The average molecular weight is 1090 g/mol. The smallest absolute Gasteiger partial charge is 0.229 e. The molecule has 3 aromatic carbocycles. The van der Waals surface area contributed by atoms with Crippen molar-refractivity contribution < 1.29 is 23.9 Å². The van der Waals surface area contributed by atoms with Gasteiger partial charge >= 0.3 is 0 Å². The van der Waals surface area contributed by atoms with Crippen molar-refractivity contribution in [2.45, 2.75) is 143 Å². The lowest BCUT2D eigenvalue weighted by molar-refractivity contribution is -0.132. The van der Waals surface area contributed by atoms with Gasteiger partial charge in [0.2, 0.25) is 24.7 Å². The number of anilines is 2. The number of thiazole rings is 1. The van der Waals surface area contributed by atoms with E-state index in [-0.39, 0.29) is 29.9 Å². The Hall–Kier alpha value is -5.78. The van der Waals surface area contributed by atoms with Crippen LogP contribution in [0.5, 0.6) is 0 Å². The van der Waals surface area contributed by atoms with Gasteiger partial charge in [-0.3, -0.25) is 19.3 Å². The molecule has 1 saturated carbocycles. The number of piperazine rings is 1. The van der Waals surface area contributed by atoms with Gasteiger partial charge in [-0.1, -0.05) is 133 Å². The average Bonchev–Trinajstić information content (AvgIpc) is 4.18. The molecule has 9 rings (SSSR count). The van der Waals surface area contributed by atoms with Gasteiger partial charge in [-0.25, -0.2) is 14.4 Å². The van der Waals surface area contributed by atoms with Crippen molar-refractivity contribution in [3.05, 3.63) is 112 Å². The van der Waals surface area contributed by atoms with Crippen LogP contribution in [0.3, 0.4) is 0 Å². The number of unbranched alkanes of at least 4 members (excludes halogenated alkanes) is 4. The Balaban J connectivity index is 0.000000236. The zero-order chi connectivity index (χ0) is 55.3. The van der Waals surface area contributed by atoms with Gasteiger partial charge in [0.25, 0.3) is 0 Å². The molecule has 3 aromatic heterocycles. The first-order valence-corrected chi connectivity index (χ1v) is 28.8. The van der Waals surface area contributed by atoms with Gasteiger partial charge in [-0.05, 0) is 91.9 Å². The number of aryl methyl sites for hydroxylation is 1. The molecule has 1 aliphatic carbocycles. The Morgan fingerprint density at radius 2 is 1.58 bits per heavy atom. The molecule has 14 nitrogen and oxygen atoms in total. The lowest BCUT2D eigenvalue weighted by Crippen LogP contribution is -2.46. The molecule has 1 unspecified atom stereocenters. The number of carbonyl (C=O) groups excluding carboxylic acids is 3. The SMILES string of the molecule is CC(C)(C)CC(=O)N1CCC(O)C1.CCCCCCCN1CCN(Cc2ccc(-c3cn(C4CCCCC4)c4nc(Nc5cc(F)cc(Cl)c5)ncc34)cc2)CC1.Cc1ncsc1-c1ccc([C@H](C)NC=O)cc1.NC=O. The molecule has 17 heteroatoms. The number of aliphatic hydroxyl groups excluding tert-OH is 1. The predicted octanol–water partition coefficient (Wildman–Crippen LogP) is 12.3. The highest BCUT2D eigenvalue weighted by atomic mass is 35.5. The van der Waals surface area contributed by atoms with Gasteiger partial charge in [0.1, 0.15) is 11.5 Å². The maximum absolute atomic E-state index is 14.0. The van der Waals surface area contributed by atoms with Crippen molar-refractivity contribution in [2.75, 3.05) is 51.1 Å². The number of primary amides is 1. The molecule has 5 N–H and O–H groups in total. The molecule has 5 heterocycles. The lowest BCUT2D eigenvalue weighted by atomic mass is 9.92. The van der Waals surface area contributed by atoms with E-state index in [0.717, 1.165) is 79.7 Å². The van der Waals surface area contributed by atoms with Gasteiger partial charge in [-0.2, -0.15) is 4.98 Å². The van der Waals surface area contributed by atoms with Crippen LogP contribution in [0.4, 0.5) is 16.0 Å². The van der Waals surface area contributed by atoms with Crippen LogP contribution in [0.15, 0.2) is 84.6 Å². The van der Waals surface area contributed by atoms with E-state index < -0.39 is 5.82 Å². The maximum atomic E-state index is 14.0. The first-order valence-electron chi connectivity index (χ1n) is 27.5. The number of aliphatic hydroxyl groups is 1. The molecular formula is C60H82ClFN10O4S. The largest absolute Gasteiger partial charge is 0.391 e. The number of halogens is 2. The highest BCUT2D eigenvalue weighted by molar-refractivity contribution is 7.13. The molecule has 0 spiro atoms. The molecule has 77 heavy (non-hydrogen) atoms. The number of β-amino-alcohol motifs (C(OH)–C–C–N with tert-alkyl or cyclic N) is 1. The number of nitrogens with one attached hydrogen (secondary N) is 2. The fourth-order valence-corrected chi connectivity index (χ4v) is 11.1. The van der Waals surface area contributed by atoms with E-state index in [2.05, 4.69) is 111 Å². The van der Waals surface area contributed by atoms with Crippen LogP contribution in [0.1, 0.15) is 141 Å². The summed E-state index contributed by atoms with van der Waals surface area (Å²) in [6, 6.07) is 22.1. The van der Waals surface area contributed by atoms with Gasteiger partial charge in [-0.15, -0.1) is 11.3 Å². The number of aromatic nitrogens is 4. The summed E-state index contributed by atoms with van der Waals surface area (Å²) in [5.41, 5.74) is 14.5. The lowest BCUT2D eigenvalue weighted by Gasteiger charge is -2.34. The van der Waals surface area contributed by atoms with E-state index in [1.807, 2.05) is 37.7 Å². The summed E-state index contributed by atoms with van der Waals surface area (Å²) >= 11 is 7.72. The van der Waals surface area contributed by atoms with E-state index in [1.165, 1.54) is 105 Å². The van der Waals surface area contributed by atoms with Crippen molar-refractivity contribution in [2.24, 2.45) is 11.1 Å². The molecule has 2 aliphatic heterocycles. The third-order valence-electron chi connectivity index (χ3n) is 14.3. The molecule has 3 aliphatic rings. The number of carbonyl (C=O) groups is 3. The number of amides is 3. The van der Waals surface area contributed by atoms with E-state index in [1.54, 1.807) is 22.3 Å². The maximum Gasteiger partial charge on any atom is 0.229 e. The monoisotopic (exact) mass is 1090 g/mol. The minimum absolute atomic E-state index is 0.0455. The Morgan fingerprint density at radius 3 is 2.19 bits per heavy atom. The highest BCUT2D eigenvalue weighted by Crippen LogP contribution is 2.37. The summed E-state index contributed by atoms with van der Waals surface area (Å²) in [5.74, 6) is 0.213. The van der Waals surface area contributed by atoms with E-state index in [4.69, 9.17) is 21.4 Å². The molecule has 0 bridgehead atoms. The topological polar surface area (TPSA) is 175 Å². The minimum Gasteiger partial charge on any atom is -0.391 e. The highest BCUT2D eigenvalue weighted by Gasteiger charge is 2.27.